The van der Waals surface area contributed by atoms with E-state index in [1.54, 1.807) is 42.9 Å². The number of H-pyrrole nitrogens is 1. The third kappa shape index (κ3) is 2.56. The lowest BCUT2D eigenvalue weighted by Gasteiger charge is -2.06. The maximum absolute atomic E-state index is 12.0. The molecule has 0 bridgehead atoms. The van der Waals surface area contributed by atoms with Crippen molar-refractivity contribution in [1.29, 1.82) is 0 Å². The molecule has 4 N–H and O–H groups in total. The molecule has 2 heterocycles. The number of benzene rings is 1. The van der Waals surface area contributed by atoms with Crippen molar-refractivity contribution in [3.05, 3.63) is 56.2 Å². The van der Waals surface area contributed by atoms with Gasteiger partial charge in [0.2, 0.25) is 11.9 Å². The van der Waals surface area contributed by atoms with Crippen LogP contribution >= 0.6 is 0 Å². The first-order valence-electron chi connectivity index (χ1n) is 7.17. The van der Waals surface area contributed by atoms with E-state index in [0.717, 1.165) is 5.56 Å². The van der Waals surface area contributed by atoms with Crippen LogP contribution in [0.2, 0.25) is 0 Å². The van der Waals surface area contributed by atoms with Gasteiger partial charge in [-0.1, -0.05) is 12.1 Å². The highest BCUT2D eigenvalue weighted by atomic mass is 16.2. The molecule has 3 aromatic rings. The second-order valence-corrected chi connectivity index (χ2v) is 5.40. The molecule has 0 spiro atoms. The number of nitrogens with one attached hydrogen (secondary N) is 2. The second kappa shape index (κ2) is 5.69. The number of hydrogen-bond donors (Lipinski definition) is 3. The summed E-state index contributed by atoms with van der Waals surface area (Å²) in [5.74, 6) is -0.0271. The van der Waals surface area contributed by atoms with E-state index < -0.39 is 17.2 Å². The van der Waals surface area contributed by atoms with Crippen molar-refractivity contribution in [2.45, 2.75) is 6.54 Å². The number of hydrogen-bond acceptors (Lipinski definition) is 5. The molecule has 3 rings (SSSR count). The molecular weight excluding hydrogens is 312 g/mol. The van der Waals surface area contributed by atoms with Crippen LogP contribution in [0.5, 0.6) is 0 Å². The fourth-order valence-corrected chi connectivity index (χ4v) is 2.43. The van der Waals surface area contributed by atoms with Crippen LogP contribution in [0.15, 0.2) is 33.9 Å². The normalized spacial score (nSPS) is 10.9. The van der Waals surface area contributed by atoms with E-state index in [1.807, 2.05) is 0 Å². The number of rotatable bonds is 4. The Bertz CT molecular complexity index is 1040. The third-order valence-electron chi connectivity index (χ3n) is 3.82. The molecule has 24 heavy (non-hydrogen) atoms. The van der Waals surface area contributed by atoms with Gasteiger partial charge in [-0.15, -0.1) is 0 Å². The van der Waals surface area contributed by atoms with Crippen molar-refractivity contribution in [3.8, 4) is 0 Å². The smallest absolute Gasteiger partial charge is 0.329 e. The van der Waals surface area contributed by atoms with Crippen LogP contribution in [0.4, 0.5) is 5.95 Å². The van der Waals surface area contributed by atoms with Crippen LogP contribution in [0, 0.1) is 0 Å². The van der Waals surface area contributed by atoms with Gasteiger partial charge in [-0.05, 0) is 17.7 Å². The van der Waals surface area contributed by atoms with Crippen LogP contribution in [0.3, 0.4) is 0 Å². The highest BCUT2D eigenvalue weighted by Gasteiger charge is 2.14. The maximum atomic E-state index is 12.0. The van der Waals surface area contributed by atoms with Crippen molar-refractivity contribution >= 4 is 23.0 Å². The van der Waals surface area contributed by atoms with Gasteiger partial charge in [0.15, 0.2) is 11.2 Å². The Hall–Kier alpha value is -3.36. The largest absolute Gasteiger partial charge is 0.366 e. The number of fused-ring (bicyclic) bond motifs is 1. The molecule has 9 nitrogen and oxygen atoms in total. The standard InChI is InChI=1S/C15H16N6O3/c1-20-10-12(21(2)15(24)19-13(10)23)18-14(20)17-7-8-3-5-9(6-4-8)11(16)22/h3-6H,7H2,1-2H3,(H2,16,22)(H,17,18)(H,19,23,24). The molecule has 0 radical (unpaired) electrons. The second-order valence-electron chi connectivity index (χ2n) is 5.40. The van der Waals surface area contributed by atoms with E-state index in [1.165, 1.54) is 4.57 Å². The van der Waals surface area contributed by atoms with Gasteiger partial charge in [0, 0.05) is 26.2 Å². The van der Waals surface area contributed by atoms with Crippen LogP contribution in [0.1, 0.15) is 15.9 Å². The number of amides is 1. The summed E-state index contributed by atoms with van der Waals surface area (Å²) in [5, 5.41) is 3.11. The van der Waals surface area contributed by atoms with Gasteiger partial charge in [0.25, 0.3) is 5.56 Å². The molecule has 0 aliphatic heterocycles. The first-order chi connectivity index (χ1) is 11.4. The quantitative estimate of drug-likeness (QED) is 0.604. The van der Waals surface area contributed by atoms with Crippen LogP contribution in [-0.4, -0.2) is 25.0 Å². The summed E-state index contributed by atoms with van der Waals surface area (Å²) in [6.45, 7) is 0.433. The lowest BCUT2D eigenvalue weighted by atomic mass is 10.1. The molecule has 0 aliphatic rings. The van der Waals surface area contributed by atoms with E-state index in [9.17, 15) is 14.4 Å². The first-order valence-corrected chi connectivity index (χ1v) is 7.17. The summed E-state index contributed by atoms with van der Waals surface area (Å²) < 4.78 is 2.87. The Morgan fingerprint density at radius 1 is 1.21 bits per heavy atom. The average molecular weight is 328 g/mol. The van der Waals surface area contributed by atoms with Gasteiger partial charge in [0.1, 0.15) is 0 Å². The fraction of sp³-hybridized carbons (Fsp3) is 0.200. The Morgan fingerprint density at radius 2 is 1.88 bits per heavy atom. The minimum atomic E-state index is -0.515. The summed E-state index contributed by atoms with van der Waals surface area (Å²) in [5.41, 5.74) is 6.16. The van der Waals surface area contributed by atoms with E-state index in [2.05, 4.69) is 15.3 Å². The minimum Gasteiger partial charge on any atom is -0.366 e. The summed E-state index contributed by atoms with van der Waals surface area (Å²) in [7, 11) is 3.23. The van der Waals surface area contributed by atoms with Crippen molar-refractivity contribution in [2.24, 2.45) is 19.8 Å². The SMILES string of the molecule is Cn1c(NCc2ccc(C(N)=O)cc2)nc2c1c(=O)[nH]c(=O)n2C. The molecule has 0 saturated heterocycles. The Morgan fingerprint density at radius 3 is 2.50 bits per heavy atom. The number of aryl methyl sites for hydroxylation is 2. The molecule has 0 unspecified atom stereocenters. The molecule has 1 aromatic carbocycles. The zero-order valence-corrected chi connectivity index (χ0v) is 13.2. The number of anilines is 1. The Balaban J connectivity index is 1.91. The summed E-state index contributed by atoms with van der Waals surface area (Å²) >= 11 is 0. The Labute approximate surface area is 135 Å². The van der Waals surface area contributed by atoms with Crippen molar-refractivity contribution < 1.29 is 4.79 Å². The molecule has 1 amide bonds. The Kier molecular flexibility index (Phi) is 3.68. The van der Waals surface area contributed by atoms with Gasteiger partial charge < -0.3 is 15.6 Å². The predicted molar refractivity (Wildman–Crippen MR) is 88.9 cm³/mol. The first kappa shape index (κ1) is 15.5. The number of carbonyl (C=O) groups excluding carboxylic acids is 1. The van der Waals surface area contributed by atoms with E-state index in [-0.39, 0.29) is 0 Å². The number of imidazole rings is 1. The molecule has 0 saturated carbocycles. The van der Waals surface area contributed by atoms with E-state index in [4.69, 9.17) is 5.73 Å². The zero-order valence-electron chi connectivity index (χ0n) is 13.2. The van der Waals surface area contributed by atoms with E-state index >= 15 is 0 Å². The summed E-state index contributed by atoms with van der Waals surface area (Å²) in [4.78, 5) is 41.2. The zero-order chi connectivity index (χ0) is 17.4. The molecule has 9 heteroatoms. The lowest BCUT2D eigenvalue weighted by Crippen LogP contribution is -2.29. The number of primary amides is 1. The van der Waals surface area contributed by atoms with Crippen LogP contribution < -0.4 is 22.3 Å². The monoisotopic (exact) mass is 328 g/mol. The average Bonchev–Trinajstić information content (AvgIpc) is 2.88. The predicted octanol–water partition coefficient (Wildman–Crippen LogP) is -0.329. The molecule has 0 atom stereocenters. The molecule has 0 fully saturated rings. The summed E-state index contributed by atoms with van der Waals surface area (Å²) in [6, 6.07) is 6.84. The number of aromatic nitrogens is 4. The third-order valence-corrected chi connectivity index (χ3v) is 3.82. The number of nitrogens with two attached hydrogens (primary N) is 1. The van der Waals surface area contributed by atoms with Gasteiger partial charge >= 0.3 is 5.69 Å². The minimum absolute atomic E-state index is 0.304. The van der Waals surface area contributed by atoms with Gasteiger partial charge in [-0.25, -0.2) is 4.79 Å². The van der Waals surface area contributed by atoms with Crippen LogP contribution in [0.25, 0.3) is 11.2 Å². The lowest BCUT2D eigenvalue weighted by molar-refractivity contribution is 0.100. The van der Waals surface area contributed by atoms with Crippen molar-refractivity contribution in [1.82, 2.24) is 19.1 Å². The highest BCUT2D eigenvalue weighted by molar-refractivity contribution is 5.92. The van der Waals surface area contributed by atoms with Gasteiger partial charge in [-0.2, -0.15) is 4.98 Å². The van der Waals surface area contributed by atoms with Gasteiger partial charge in [-0.3, -0.25) is 19.1 Å². The number of aromatic amines is 1. The molecule has 2 aromatic heterocycles. The van der Waals surface area contributed by atoms with Crippen LogP contribution in [-0.2, 0) is 20.6 Å². The number of carbonyl (C=O) groups is 1. The van der Waals surface area contributed by atoms with Crippen molar-refractivity contribution in [3.63, 3.8) is 0 Å². The molecular formula is C15H16N6O3. The van der Waals surface area contributed by atoms with Crippen molar-refractivity contribution in [2.75, 3.05) is 5.32 Å². The van der Waals surface area contributed by atoms with E-state index in [0.29, 0.717) is 29.2 Å². The molecule has 0 aliphatic carbocycles. The summed E-state index contributed by atoms with van der Waals surface area (Å²) in [6.07, 6.45) is 0. The highest BCUT2D eigenvalue weighted by Crippen LogP contribution is 2.14. The molecule has 124 valence electrons. The van der Waals surface area contributed by atoms with Gasteiger partial charge in [0.05, 0.1) is 0 Å². The number of nitrogens with zero attached hydrogens (tertiary/aromatic N) is 3. The maximum Gasteiger partial charge on any atom is 0.329 e. The fourth-order valence-electron chi connectivity index (χ4n) is 2.43. The topological polar surface area (TPSA) is 128 Å².